The van der Waals surface area contributed by atoms with Gasteiger partial charge < -0.3 is 26.0 Å². The van der Waals surface area contributed by atoms with Crippen LogP contribution in [-0.2, 0) is 26.1 Å². The number of ether oxygens (including phenoxy) is 1. The molecule has 0 aliphatic carbocycles. The van der Waals surface area contributed by atoms with Gasteiger partial charge in [0.25, 0.3) is 0 Å². The number of amides is 3. The number of urea groups is 1. The van der Waals surface area contributed by atoms with Crippen LogP contribution < -0.4 is 21.3 Å². The van der Waals surface area contributed by atoms with Gasteiger partial charge in [-0.25, -0.2) is 14.8 Å². The maximum absolute atomic E-state index is 12.2. The second-order valence-corrected chi connectivity index (χ2v) is 8.07. The van der Waals surface area contributed by atoms with Gasteiger partial charge in [0.1, 0.15) is 11.6 Å². The summed E-state index contributed by atoms with van der Waals surface area (Å²) in [7, 11) is 0.0871. The van der Waals surface area contributed by atoms with Crippen LogP contribution in [0.1, 0.15) is 5.69 Å². The third kappa shape index (κ3) is 5.97. The number of carbonyl (C=O) groups excluding carboxylic acids is 2. The highest BCUT2D eigenvalue weighted by molar-refractivity contribution is 7.84. The predicted octanol–water partition coefficient (Wildman–Crippen LogP) is 0.466. The van der Waals surface area contributed by atoms with Gasteiger partial charge in [0.05, 0.1) is 24.7 Å². The third-order valence-electron chi connectivity index (χ3n) is 4.34. The van der Waals surface area contributed by atoms with E-state index in [0.717, 1.165) is 5.56 Å². The molecule has 0 bridgehead atoms. The summed E-state index contributed by atoms with van der Waals surface area (Å²) >= 11 is 0. The fourth-order valence-corrected chi connectivity index (χ4v) is 3.81. The van der Waals surface area contributed by atoms with Crippen molar-refractivity contribution in [2.75, 3.05) is 49.3 Å². The van der Waals surface area contributed by atoms with E-state index in [-0.39, 0.29) is 17.5 Å². The Hall–Kier alpha value is -3.05. The minimum atomic E-state index is -1.45. The number of nitrogens with one attached hydrogen (secondary N) is 2. The molecule has 1 unspecified atom stereocenters. The molecule has 0 saturated carbocycles. The Morgan fingerprint density at radius 2 is 1.90 bits per heavy atom. The van der Waals surface area contributed by atoms with Gasteiger partial charge in [0.15, 0.2) is 5.82 Å². The van der Waals surface area contributed by atoms with Crippen LogP contribution in [0.5, 0.6) is 0 Å². The van der Waals surface area contributed by atoms with Crippen molar-refractivity contribution in [2.45, 2.75) is 5.75 Å². The van der Waals surface area contributed by atoms with Crippen molar-refractivity contribution in [3.8, 4) is 11.4 Å². The molecule has 3 rings (SSSR count). The number of hydrogen-bond donors (Lipinski definition) is 3. The van der Waals surface area contributed by atoms with Crippen LogP contribution in [0.25, 0.3) is 11.4 Å². The highest BCUT2D eigenvalue weighted by Crippen LogP contribution is 2.23. The van der Waals surface area contributed by atoms with Gasteiger partial charge in [0.2, 0.25) is 5.91 Å². The van der Waals surface area contributed by atoms with E-state index >= 15 is 0 Å². The van der Waals surface area contributed by atoms with Crippen molar-refractivity contribution in [3.05, 3.63) is 36.0 Å². The van der Waals surface area contributed by atoms with E-state index < -0.39 is 16.7 Å². The van der Waals surface area contributed by atoms with Crippen molar-refractivity contribution in [3.63, 3.8) is 0 Å². The number of hydrogen-bond acceptors (Lipinski definition) is 7. The zero-order valence-electron chi connectivity index (χ0n) is 16.6. The number of benzene rings is 1. The molecule has 160 valence electrons. The highest BCUT2D eigenvalue weighted by Gasteiger charge is 2.17. The second-order valence-electron chi connectivity index (χ2n) is 6.62. The number of aromatic nitrogens is 2. The summed E-state index contributed by atoms with van der Waals surface area (Å²) in [6.07, 6.45) is 0. The largest absolute Gasteiger partial charge is 0.378 e. The first-order chi connectivity index (χ1) is 14.4. The lowest BCUT2D eigenvalue weighted by atomic mass is 10.2. The van der Waals surface area contributed by atoms with E-state index in [2.05, 4.69) is 25.5 Å². The molecule has 4 N–H and O–H groups in total. The first-order valence-corrected chi connectivity index (χ1v) is 10.9. The number of nitrogens with two attached hydrogens (primary N) is 1. The van der Waals surface area contributed by atoms with Gasteiger partial charge >= 0.3 is 6.03 Å². The molecular formula is C19H24N6O4S. The Bertz CT molecular complexity index is 931. The molecule has 2 heterocycles. The van der Waals surface area contributed by atoms with E-state index in [1.807, 2.05) is 0 Å². The van der Waals surface area contributed by atoms with E-state index in [9.17, 15) is 13.8 Å². The smallest absolute Gasteiger partial charge is 0.318 e. The normalized spacial score (nSPS) is 14.8. The van der Waals surface area contributed by atoms with Gasteiger partial charge in [-0.1, -0.05) is 0 Å². The topological polar surface area (TPSA) is 140 Å². The van der Waals surface area contributed by atoms with E-state index in [4.69, 9.17) is 10.5 Å². The molecule has 2 aromatic rings. The van der Waals surface area contributed by atoms with Crippen molar-refractivity contribution < 1.29 is 18.5 Å². The number of carbonyl (C=O) groups is 2. The Morgan fingerprint density at radius 1 is 1.20 bits per heavy atom. The molecule has 30 heavy (non-hydrogen) atoms. The lowest BCUT2D eigenvalue weighted by Crippen LogP contribution is -2.37. The Labute approximate surface area is 176 Å². The van der Waals surface area contributed by atoms with E-state index in [0.29, 0.717) is 49.3 Å². The minimum Gasteiger partial charge on any atom is -0.378 e. The van der Waals surface area contributed by atoms with Gasteiger partial charge in [-0.3, -0.25) is 9.00 Å². The van der Waals surface area contributed by atoms with Gasteiger partial charge in [-0.05, 0) is 24.3 Å². The van der Waals surface area contributed by atoms with Crippen molar-refractivity contribution in [1.82, 2.24) is 15.3 Å². The van der Waals surface area contributed by atoms with Crippen molar-refractivity contribution in [2.24, 2.45) is 5.73 Å². The van der Waals surface area contributed by atoms with E-state index in [1.165, 1.54) is 0 Å². The highest BCUT2D eigenvalue weighted by atomic mass is 32.2. The van der Waals surface area contributed by atoms with Gasteiger partial charge in [-0.2, -0.15) is 0 Å². The number of nitrogens with zero attached hydrogens (tertiary/aromatic N) is 3. The first-order valence-electron chi connectivity index (χ1n) is 9.37. The molecule has 0 spiro atoms. The zero-order valence-corrected chi connectivity index (χ0v) is 17.4. The standard InChI is InChI=1S/C19H24N6O4S/c1-21-19(27)23-14-4-2-13(3-5-14)18-22-15(11-30(28)12-16(20)26)10-17(24-18)25-6-8-29-9-7-25/h2-5,10H,6-9,11-12H2,1H3,(H2,20,26)(H2,21,23,27). The summed E-state index contributed by atoms with van der Waals surface area (Å²) in [5.41, 5.74) is 7.09. The Kier molecular flexibility index (Phi) is 7.31. The predicted molar refractivity (Wildman–Crippen MR) is 114 cm³/mol. The molecule has 10 nitrogen and oxygen atoms in total. The van der Waals surface area contributed by atoms with Gasteiger partial charge in [-0.15, -0.1) is 0 Å². The molecule has 0 radical (unpaired) electrons. The minimum absolute atomic E-state index is 0.103. The van der Waals surface area contributed by atoms with Crippen LogP contribution in [0.4, 0.5) is 16.3 Å². The van der Waals surface area contributed by atoms with Crippen molar-refractivity contribution >= 4 is 34.2 Å². The first kappa shape index (κ1) is 21.7. The van der Waals surface area contributed by atoms with Crippen molar-refractivity contribution in [1.29, 1.82) is 0 Å². The molecule has 1 atom stereocenters. The summed E-state index contributed by atoms with van der Waals surface area (Å²) in [4.78, 5) is 33.8. The molecule has 11 heteroatoms. The SMILES string of the molecule is CNC(=O)Nc1ccc(-c2nc(CS(=O)CC(N)=O)cc(N3CCOCC3)n2)cc1. The summed E-state index contributed by atoms with van der Waals surface area (Å²) in [6, 6.07) is 8.57. The average molecular weight is 433 g/mol. The van der Waals surface area contributed by atoms with Crippen LogP contribution in [0.2, 0.25) is 0 Å². The maximum Gasteiger partial charge on any atom is 0.318 e. The maximum atomic E-state index is 12.2. The summed E-state index contributed by atoms with van der Waals surface area (Å²) in [5.74, 6) is 0.451. The van der Waals surface area contributed by atoms with E-state index in [1.54, 1.807) is 37.4 Å². The Morgan fingerprint density at radius 3 is 2.53 bits per heavy atom. The Balaban J connectivity index is 1.89. The van der Waals surface area contributed by atoms with Crippen LogP contribution in [-0.4, -0.2) is 65.2 Å². The number of primary amides is 1. The molecular weight excluding hydrogens is 408 g/mol. The fraction of sp³-hybridized carbons (Fsp3) is 0.368. The monoisotopic (exact) mass is 432 g/mol. The van der Waals surface area contributed by atoms with Crippen LogP contribution in [0, 0.1) is 0 Å². The lowest BCUT2D eigenvalue weighted by molar-refractivity contribution is -0.115. The molecule has 1 aromatic heterocycles. The fourth-order valence-electron chi connectivity index (χ4n) is 2.91. The molecule has 1 fully saturated rings. The summed E-state index contributed by atoms with van der Waals surface area (Å²) < 4.78 is 17.6. The summed E-state index contributed by atoms with van der Waals surface area (Å²) in [5, 5.41) is 5.18. The van der Waals surface area contributed by atoms with Gasteiger partial charge in [0, 0.05) is 48.3 Å². The zero-order chi connectivity index (χ0) is 21.5. The van der Waals surface area contributed by atoms with Crippen LogP contribution in [0.3, 0.4) is 0 Å². The number of anilines is 2. The molecule has 1 saturated heterocycles. The van der Waals surface area contributed by atoms with Crippen LogP contribution in [0.15, 0.2) is 30.3 Å². The second kappa shape index (κ2) is 10.1. The average Bonchev–Trinajstić information content (AvgIpc) is 2.74. The summed E-state index contributed by atoms with van der Waals surface area (Å²) in [6.45, 7) is 2.58. The lowest BCUT2D eigenvalue weighted by Gasteiger charge is -2.28. The molecule has 1 aliphatic rings. The molecule has 3 amide bonds. The quantitative estimate of drug-likeness (QED) is 0.578. The van der Waals surface area contributed by atoms with Crippen LogP contribution >= 0.6 is 0 Å². The number of morpholine rings is 1. The number of rotatable bonds is 7. The molecule has 1 aromatic carbocycles. The molecule has 1 aliphatic heterocycles. The third-order valence-corrected chi connectivity index (χ3v) is 5.57.